The summed E-state index contributed by atoms with van der Waals surface area (Å²) in [6.07, 6.45) is 17.5. The highest BCUT2D eigenvalue weighted by Crippen LogP contribution is 2.41. The predicted molar refractivity (Wildman–Crippen MR) is 175 cm³/mol. The molecule has 0 unspecified atom stereocenters. The third-order valence-corrected chi connectivity index (χ3v) is 11.3. The van der Waals surface area contributed by atoms with Crippen LogP contribution in [0.2, 0.25) is 0 Å². The molecule has 3 aliphatic carbocycles. The van der Waals surface area contributed by atoms with E-state index in [0.29, 0.717) is 24.2 Å². The highest BCUT2D eigenvalue weighted by molar-refractivity contribution is 7.51. The Bertz CT molecular complexity index is 1040. The molecule has 1 spiro atoms. The summed E-state index contributed by atoms with van der Waals surface area (Å²) in [5.74, 6) is 3.33. The molecule has 11 nitrogen and oxygen atoms in total. The Morgan fingerprint density at radius 1 is 0.930 bits per heavy atom. The second-order valence-corrected chi connectivity index (χ2v) is 15.6. The number of hydrogen-bond acceptors (Lipinski definition) is 9. The first-order valence-corrected chi connectivity index (χ1v) is 18.9. The van der Waals surface area contributed by atoms with E-state index in [0.717, 1.165) is 89.3 Å². The zero-order valence-electron chi connectivity index (χ0n) is 26.2. The van der Waals surface area contributed by atoms with Crippen molar-refractivity contribution in [3.8, 4) is 0 Å². The third kappa shape index (κ3) is 10.00. The van der Waals surface area contributed by atoms with Crippen molar-refractivity contribution < 1.29 is 14.4 Å². The summed E-state index contributed by atoms with van der Waals surface area (Å²) in [6, 6.07) is 2.63. The topological polar surface area (TPSA) is 152 Å². The summed E-state index contributed by atoms with van der Waals surface area (Å²) in [6.45, 7) is 7.03. The Kier molecular flexibility index (Phi) is 12.0. The molecule has 0 aromatic carbocycles. The minimum atomic E-state index is -4.02. The highest BCUT2D eigenvalue weighted by atomic mass is 31.2. The van der Waals surface area contributed by atoms with Crippen molar-refractivity contribution in [3.63, 3.8) is 0 Å². The van der Waals surface area contributed by atoms with Crippen molar-refractivity contribution in [1.29, 1.82) is 0 Å². The lowest BCUT2D eigenvalue weighted by atomic mass is 9.82. The normalized spacial score (nSPS) is 25.4. The van der Waals surface area contributed by atoms with Crippen molar-refractivity contribution >= 4 is 25.2 Å². The lowest BCUT2D eigenvalue weighted by Gasteiger charge is -2.49. The van der Waals surface area contributed by atoms with Gasteiger partial charge in [0.1, 0.15) is 11.6 Å². The molecule has 2 heterocycles. The van der Waals surface area contributed by atoms with Gasteiger partial charge in [0.15, 0.2) is 0 Å². The number of hydrogen-bond donors (Lipinski definition) is 6. The molecular formula is C31H57N8O3P. The summed E-state index contributed by atoms with van der Waals surface area (Å²) in [5, 5.41) is 11.0. The molecule has 7 N–H and O–H groups in total. The molecular weight excluding hydrogens is 563 g/mol. The molecule has 1 aromatic rings. The van der Waals surface area contributed by atoms with Crippen LogP contribution in [-0.2, 0) is 4.57 Å². The van der Waals surface area contributed by atoms with E-state index in [1.807, 2.05) is 6.07 Å². The van der Waals surface area contributed by atoms with Gasteiger partial charge in [-0.05, 0) is 89.3 Å². The number of nitrogens with two attached hydrogens (primary N) is 1. The first kappa shape index (κ1) is 32.9. The zero-order valence-corrected chi connectivity index (χ0v) is 27.1. The minimum Gasteiger partial charge on any atom is -0.383 e. The van der Waals surface area contributed by atoms with Crippen LogP contribution in [0.1, 0.15) is 89.9 Å². The fraction of sp³-hybridized carbons (Fsp3) is 0.871. The van der Waals surface area contributed by atoms with Crippen LogP contribution in [0, 0.1) is 11.8 Å². The molecule has 0 amide bonds. The Hall–Kier alpha value is -1.49. The molecule has 1 saturated heterocycles. The average Bonchev–Trinajstić information content (AvgIpc) is 3.46. The molecule has 244 valence electrons. The standard InChI is InChI=1S/C31H57N8O3P/c32-28-21-29(38-17-18-39(19-20-43(40,41)42)31(24-38)13-4-5-14-31)37-30(36-28)35-23-26-11-9-25(10-12-26)22-33-15-6-16-34-27-7-2-1-3-8-27/h21,25-27,33-34H,1-20,22-24H2,(H2,40,41,42)(H3,32,35,36,37). The van der Waals surface area contributed by atoms with E-state index in [4.69, 9.17) is 10.7 Å². The van der Waals surface area contributed by atoms with Crippen LogP contribution in [0.3, 0.4) is 0 Å². The molecule has 0 bridgehead atoms. The number of nitrogens with zero attached hydrogens (tertiary/aromatic N) is 4. The largest absolute Gasteiger partial charge is 0.383 e. The Balaban J connectivity index is 1.02. The first-order chi connectivity index (χ1) is 20.8. The van der Waals surface area contributed by atoms with Crippen molar-refractivity contribution in [2.75, 3.05) is 74.5 Å². The van der Waals surface area contributed by atoms with E-state index < -0.39 is 7.60 Å². The third-order valence-electron chi connectivity index (χ3n) is 10.6. The first-order valence-electron chi connectivity index (χ1n) is 17.2. The van der Waals surface area contributed by atoms with Gasteiger partial charge in [0.05, 0.1) is 6.16 Å². The second-order valence-electron chi connectivity index (χ2n) is 13.8. The number of anilines is 3. The van der Waals surface area contributed by atoms with Crippen molar-refractivity contribution in [2.24, 2.45) is 11.8 Å². The Morgan fingerprint density at radius 2 is 1.65 bits per heavy atom. The average molecular weight is 621 g/mol. The number of rotatable bonds is 14. The van der Waals surface area contributed by atoms with E-state index in [1.165, 1.54) is 64.2 Å². The lowest BCUT2D eigenvalue weighted by Crippen LogP contribution is -2.61. The molecule has 5 rings (SSSR count). The maximum absolute atomic E-state index is 11.6. The molecule has 12 heteroatoms. The Morgan fingerprint density at radius 3 is 2.37 bits per heavy atom. The molecule has 43 heavy (non-hydrogen) atoms. The number of aromatic nitrogens is 2. The van der Waals surface area contributed by atoms with Crippen molar-refractivity contribution in [3.05, 3.63) is 6.07 Å². The van der Waals surface area contributed by atoms with Gasteiger partial charge in [-0.3, -0.25) is 9.46 Å². The Labute approximate surface area is 258 Å². The van der Waals surface area contributed by atoms with E-state index in [-0.39, 0.29) is 11.7 Å². The van der Waals surface area contributed by atoms with Gasteiger partial charge in [-0.2, -0.15) is 9.97 Å². The lowest BCUT2D eigenvalue weighted by molar-refractivity contribution is 0.0832. The van der Waals surface area contributed by atoms with Crippen molar-refractivity contribution in [1.82, 2.24) is 25.5 Å². The van der Waals surface area contributed by atoms with Crippen LogP contribution in [-0.4, -0.2) is 94.8 Å². The summed E-state index contributed by atoms with van der Waals surface area (Å²) in [5.41, 5.74) is 6.19. The molecule has 3 saturated carbocycles. The van der Waals surface area contributed by atoms with Crippen LogP contribution in [0.15, 0.2) is 6.07 Å². The van der Waals surface area contributed by atoms with Gasteiger partial charge >= 0.3 is 7.60 Å². The fourth-order valence-corrected chi connectivity index (χ4v) is 8.52. The van der Waals surface area contributed by atoms with Gasteiger partial charge in [-0.25, -0.2) is 0 Å². The van der Waals surface area contributed by atoms with Crippen LogP contribution >= 0.6 is 7.60 Å². The van der Waals surface area contributed by atoms with E-state index in [2.05, 4.69) is 30.7 Å². The summed E-state index contributed by atoms with van der Waals surface area (Å²) >= 11 is 0. The van der Waals surface area contributed by atoms with Crippen molar-refractivity contribution in [2.45, 2.75) is 101 Å². The predicted octanol–water partition coefficient (Wildman–Crippen LogP) is 3.79. The minimum absolute atomic E-state index is 0.0555. The van der Waals surface area contributed by atoms with Gasteiger partial charge < -0.3 is 36.4 Å². The maximum atomic E-state index is 11.6. The quantitative estimate of drug-likeness (QED) is 0.133. The summed E-state index contributed by atoms with van der Waals surface area (Å²) in [7, 11) is -4.02. The summed E-state index contributed by atoms with van der Waals surface area (Å²) < 4.78 is 11.6. The van der Waals surface area contributed by atoms with E-state index >= 15 is 0 Å². The zero-order chi connectivity index (χ0) is 30.1. The number of nitrogens with one attached hydrogen (secondary N) is 3. The molecule has 0 radical (unpaired) electrons. The fourth-order valence-electron chi connectivity index (χ4n) is 8.02. The van der Waals surface area contributed by atoms with Gasteiger partial charge in [0.25, 0.3) is 0 Å². The van der Waals surface area contributed by atoms with Gasteiger partial charge in [-0.15, -0.1) is 0 Å². The highest BCUT2D eigenvalue weighted by Gasteiger charge is 2.44. The number of piperazine rings is 1. The van der Waals surface area contributed by atoms with E-state index in [9.17, 15) is 14.4 Å². The molecule has 1 aliphatic heterocycles. The molecule has 1 aromatic heterocycles. The molecule has 4 fully saturated rings. The molecule has 0 atom stereocenters. The maximum Gasteiger partial charge on any atom is 0.326 e. The van der Waals surface area contributed by atoms with Crippen LogP contribution in [0.4, 0.5) is 17.6 Å². The van der Waals surface area contributed by atoms with Gasteiger partial charge in [-0.1, -0.05) is 32.1 Å². The van der Waals surface area contributed by atoms with Gasteiger partial charge in [0.2, 0.25) is 5.95 Å². The van der Waals surface area contributed by atoms with E-state index in [1.54, 1.807) is 0 Å². The van der Waals surface area contributed by atoms with Crippen LogP contribution < -0.4 is 26.6 Å². The monoisotopic (exact) mass is 620 g/mol. The van der Waals surface area contributed by atoms with Crippen LogP contribution in [0.25, 0.3) is 0 Å². The smallest absolute Gasteiger partial charge is 0.326 e. The summed E-state index contributed by atoms with van der Waals surface area (Å²) in [4.78, 5) is 32.9. The second kappa shape index (κ2) is 15.7. The SMILES string of the molecule is Nc1cc(N2CCN(CCP(=O)(O)O)C3(CCCC3)C2)nc(NCC2CCC(CNCCCNC3CCCCC3)CC2)n1. The molecule has 4 aliphatic rings. The van der Waals surface area contributed by atoms with Gasteiger partial charge in [0, 0.05) is 50.4 Å². The van der Waals surface area contributed by atoms with Crippen LogP contribution in [0.5, 0.6) is 0 Å². The number of nitrogen functional groups attached to an aromatic ring is 1.